The number of carboxylic acid groups (broad SMARTS) is 1. The van der Waals surface area contributed by atoms with Crippen molar-refractivity contribution in [3.8, 4) is 0 Å². The number of methoxy groups -OCH3 is 1. The summed E-state index contributed by atoms with van der Waals surface area (Å²) < 4.78 is 16.4. The first-order valence-electron chi connectivity index (χ1n) is 6.81. The van der Waals surface area contributed by atoms with Crippen LogP contribution < -0.4 is 0 Å². The standard InChI is InChI=1S/C16H20O5/c1-16(2,19-3)8-9-20-10-13-14(15(17)18)11-6-4-5-7-12(11)21-13/h4-7H,8-10H2,1-3H3,(H,17,18). The number of carbonyl (C=O) groups is 1. The third-order valence-electron chi connectivity index (χ3n) is 3.52. The molecule has 0 radical (unpaired) electrons. The van der Waals surface area contributed by atoms with Crippen LogP contribution in [0, 0.1) is 0 Å². The molecule has 0 saturated heterocycles. The van der Waals surface area contributed by atoms with Crippen LogP contribution in [0.5, 0.6) is 0 Å². The quantitative estimate of drug-likeness (QED) is 0.791. The van der Waals surface area contributed by atoms with E-state index in [1.807, 2.05) is 19.9 Å². The molecule has 1 aromatic heterocycles. The summed E-state index contributed by atoms with van der Waals surface area (Å²) in [7, 11) is 1.65. The molecule has 0 aliphatic carbocycles. The Morgan fingerprint density at radius 2 is 2.05 bits per heavy atom. The van der Waals surface area contributed by atoms with Gasteiger partial charge in [0.1, 0.15) is 23.5 Å². The highest BCUT2D eigenvalue weighted by Crippen LogP contribution is 2.26. The summed E-state index contributed by atoms with van der Waals surface area (Å²) >= 11 is 0. The van der Waals surface area contributed by atoms with Gasteiger partial charge in [-0.2, -0.15) is 0 Å². The van der Waals surface area contributed by atoms with Gasteiger partial charge in [-0.1, -0.05) is 18.2 Å². The van der Waals surface area contributed by atoms with Gasteiger partial charge in [0.15, 0.2) is 0 Å². The Balaban J connectivity index is 2.08. The molecular weight excluding hydrogens is 272 g/mol. The van der Waals surface area contributed by atoms with Crippen LogP contribution in [0.25, 0.3) is 11.0 Å². The summed E-state index contributed by atoms with van der Waals surface area (Å²) in [5.41, 5.74) is 0.478. The van der Waals surface area contributed by atoms with Crippen molar-refractivity contribution in [1.82, 2.24) is 0 Å². The van der Waals surface area contributed by atoms with Crippen molar-refractivity contribution in [2.24, 2.45) is 0 Å². The number of furan rings is 1. The summed E-state index contributed by atoms with van der Waals surface area (Å²) in [5, 5.41) is 9.94. The van der Waals surface area contributed by atoms with E-state index < -0.39 is 5.97 Å². The molecule has 0 amide bonds. The van der Waals surface area contributed by atoms with Gasteiger partial charge in [-0.05, 0) is 26.3 Å². The third-order valence-corrected chi connectivity index (χ3v) is 3.52. The van der Waals surface area contributed by atoms with Gasteiger partial charge in [0, 0.05) is 19.1 Å². The molecule has 0 aliphatic heterocycles. The third kappa shape index (κ3) is 3.62. The number of aromatic carboxylic acids is 1. The fourth-order valence-electron chi connectivity index (χ4n) is 2.02. The first-order chi connectivity index (χ1) is 9.94. The Hall–Kier alpha value is -1.85. The van der Waals surface area contributed by atoms with Crippen LogP contribution >= 0.6 is 0 Å². The second kappa shape index (κ2) is 6.28. The van der Waals surface area contributed by atoms with E-state index in [1.54, 1.807) is 25.3 Å². The van der Waals surface area contributed by atoms with E-state index in [1.165, 1.54) is 0 Å². The van der Waals surface area contributed by atoms with Crippen molar-refractivity contribution < 1.29 is 23.8 Å². The first-order valence-corrected chi connectivity index (χ1v) is 6.81. The molecule has 5 heteroatoms. The molecule has 1 aromatic carbocycles. The molecule has 114 valence electrons. The van der Waals surface area contributed by atoms with Crippen LogP contribution in [0.3, 0.4) is 0 Å². The number of hydrogen-bond donors (Lipinski definition) is 1. The smallest absolute Gasteiger partial charge is 0.340 e. The number of rotatable bonds is 7. The van der Waals surface area contributed by atoms with Gasteiger partial charge < -0.3 is 19.0 Å². The molecule has 5 nitrogen and oxygen atoms in total. The van der Waals surface area contributed by atoms with Crippen LogP contribution in [-0.2, 0) is 16.1 Å². The van der Waals surface area contributed by atoms with Gasteiger partial charge in [-0.15, -0.1) is 0 Å². The molecule has 0 saturated carbocycles. The van der Waals surface area contributed by atoms with Crippen LogP contribution in [-0.4, -0.2) is 30.4 Å². The molecule has 0 spiro atoms. The lowest BCUT2D eigenvalue weighted by Gasteiger charge is -2.22. The Labute approximate surface area is 123 Å². The zero-order valence-corrected chi connectivity index (χ0v) is 12.5. The Morgan fingerprint density at radius 1 is 1.33 bits per heavy atom. The highest BCUT2D eigenvalue weighted by molar-refractivity contribution is 6.03. The molecule has 0 aliphatic rings. The summed E-state index contributed by atoms with van der Waals surface area (Å²) in [5.74, 6) is -0.658. The molecule has 0 unspecified atom stereocenters. The molecule has 0 fully saturated rings. The fourth-order valence-corrected chi connectivity index (χ4v) is 2.02. The highest BCUT2D eigenvalue weighted by Gasteiger charge is 2.20. The zero-order valence-electron chi connectivity index (χ0n) is 12.5. The van der Waals surface area contributed by atoms with Gasteiger partial charge >= 0.3 is 5.97 Å². The Kier molecular flexibility index (Phi) is 4.65. The molecule has 1 heterocycles. The van der Waals surface area contributed by atoms with Crippen LogP contribution in [0.15, 0.2) is 28.7 Å². The van der Waals surface area contributed by atoms with E-state index in [9.17, 15) is 9.90 Å². The number of carboxylic acids is 1. The number of hydrogen-bond acceptors (Lipinski definition) is 4. The molecule has 0 bridgehead atoms. The second-order valence-electron chi connectivity index (χ2n) is 5.47. The largest absolute Gasteiger partial charge is 0.478 e. The minimum Gasteiger partial charge on any atom is -0.478 e. The normalized spacial score (nSPS) is 12.0. The Morgan fingerprint density at radius 3 is 2.71 bits per heavy atom. The van der Waals surface area contributed by atoms with Gasteiger partial charge in [-0.3, -0.25) is 0 Å². The summed E-state index contributed by atoms with van der Waals surface area (Å²) in [6.45, 7) is 4.55. The lowest BCUT2D eigenvalue weighted by atomic mass is 10.1. The molecule has 1 N–H and O–H groups in total. The monoisotopic (exact) mass is 292 g/mol. The number of benzene rings is 1. The van der Waals surface area contributed by atoms with Gasteiger partial charge in [-0.25, -0.2) is 4.79 Å². The van der Waals surface area contributed by atoms with Crippen molar-refractivity contribution in [3.05, 3.63) is 35.6 Å². The van der Waals surface area contributed by atoms with Gasteiger partial charge in [0.2, 0.25) is 0 Å². The first kappa shape index (κ1) is 15.5. The second-order valence-corrected chi connectivity index (χ2v) is 5.47. The van der Waals surface area contributed by atoms with Gasteiger partial charge in [0.25, 0.3) is 0 Å². The predicted octanol–water partition coefficient (Wildman–Crippen LogP) is 3.46. The SMILES string of the molecule is COC(C)(C)CCOCc1oc2ccccc2c1C(=O)O. The van der Waals surface area contributed by atoms with Crippen molar-refractivity contribution in [2.45, 2.75) is 32.5 Å². The maximum atomic E-state index is 11.4. The molecule has 21 heavy (non-hydrogen) atoms. The van der Waals surface area contributed by atoms with Crippen molar-refractivity contribution >= 4 is 16.9 Å². The lowest BCUT2D eigenvalue weighted by Crippen LogP contribution is -2.24. The Bertz CT molecular complexity index is 627. The molecule has 2 aromatic rings. The van der Waals surface area contributed by atoms with E-state index in [0.717, 1.165) is 0 Å². The average Bonchev–Trinajstić information content (AvgIpc) is 2.82. The van der Waals surface area contributed by atoms with Crippen LogP contribution in [0.2, 0.25) is 0 Å². The summed E-state index contributed by atoms with van der Waals surface area (Å²) in [6, 6.07) is 7.08. The maximum Gasteiger partial charge on any atom is 0.340 e. The van der Waals surface area contributed by atoms with E-state index in [4.69, 9.17) is 13.9 Å². The zero-order chi connectivity index (χ0) is 15.5. The van der Waals surface area contributed by atoms with Crippen LogP contribution in [0.1, 0.15) is 36.4 Å². The fraction of sp³-hybridized carbons (Fsp3) is 0.438. The summed E-state index contributed by atoms with van der Waals surface area (Å²) in [6.07, 6.45) is 0.714. The average molecular weight is 292 g/mol. The van der Waals surface area contributed by atoms with E-state index >= 15 is 0 Å². The number of para-hydroxylation sites is 1. The minimum absolute atomic E-state index is 0.135. The topological polar surface area (TPSA) is 68.9 Å². The van der Waals surface area contributed by atoms with Gasteiger partial charge in [0.05, 0.1) is 5.60 Å². The molecule has 2 rings (SSSR count). The predicted molar refractivity (Wildman–Crippen MR) is 78.5 cm³/mol. The lowest BCUT2D eigenvalue weighted by molar-refractivity contribution is -0.0143. The minimum atomic E-state index is -1.00. The van der Waals surface area contributed by atoms with Crippen molar-refractivity contribution in [3.63, 3.8) is 0 Å². The van der Waals surface area contributed by atoms with E-state index in [-0.39, 0.29) is 17.8 Å². The summed E-state index contributed by atoms with van der Waals surface area (Å²) in [4.78, 5) is 11.4. The number of fused-ring (bicyclic) bond motifs is 1. The molecule has 0 atom stereocenters. The van der Waals surface area contributed by atoms with E-state index in [2.05, 4.69) is 0 Å². The molecular formula is C16H20O5. The van der Waals surface area contributed by atoms with Crippen LogP contribution in [0.4, 0.5) is 0 Å². The van der Waals surface area contributed by atoms with Crippen molar-refractivity contribution in [2.75, 3.05) is 13.7 Å². The number of ether oxygens (including phenoxy) is 2. The highest BCUT2D eigenvalue weighted by atomic mass is 16.5. The van der Waals surface area contributed by atoms with E-state index in [0.29, 0.717) is 29.8 Å². The van der Waals surface area contributed by atoms with Crippen molar-refractivity contribution in [1.29, 1.82) is 0 Å². The maximum absolute atomic E-state index is 11.4.